The van der Waals surface area contributed by atoms with Gasteiger partial charge in [0.2, 0.25) is 5.91 Å². The van der Waals surface area contributed by atoms with E-state index in [1.807, 2.05) is 36.4 Å². The zero-order valence-electron chi connectivity index (χ0n) is 14.8. The largest absolute Gasteiger partial charge is 0.326 e. The van der Waals surface area contributed by atoms with E-state index < -0.39 is 0 Å². The van der Waals surface area contributed by atoms with Gasteiger partial charge in [0.15, 0.2) is 4.34 Å². The van der Waals surface area contributed by atoms with Gasteiger partial charge in [0.1, 0.15) is 5.51 Å². The van der Waals surface area contributed by atoms with Gasteiger partial charge in [0, 0.05) is 10.6 Å². The summed E-state index contributed by atoms with van der Waals surface area (Å²) < 4.78 is 0.905. The molecule has 0 aliphatic heterocycles. The summed E-state index contributed by atoms with van der Waals surface area (Å²) in [4.78, 5) is 13.3. The zero-order chi connectivity index (χ0) is 18.4. The Morgan fingerprint density at radius 2 is 1.77 bits per heavy atom. The predicted octanol–water partition coefficient (Wildman–Crippen LogP) is 5.07. The number of rotatable bonds is 7. The summed E-state index contributed by atoms with van der Waals surface area (Å²) in [7, 11) is 0. The number of anilines is 1. The first kappa shape index (κ1) is 18.6. The molecule has 0 aliphatic rings. The normalized spacial score (nSPS) is 10.9. The van der Waals surface area contributed by atoms with Crippen molar-refractivity contribution < 1.29 is 4.79 Å². The predicted molar refractivity (Wildman–Crippen MR) is 108 cm³/mol. The van der Waals surface area contributed by atoms with Crippen LogP contribution >= 0.6 is 23.1 Å². The van der Waals surface area contributed by atoms with Gasteiger partial charge in [-0.3, -0.25) is 4.79 Å². The van der Waals surface area contributed by atoms with E-state index in [0.29, 0.717) is 12.3 Å². The lowest BCUT2D eigenvalue weighted by molar-refractivity contribution is -0.115. The van der Waals surface area contributed by atoms with Crippen LogP contribution in [0.15, 0.2) is 63.3 Å². The fourth-order valence-electron chi connectivity index (χ4n) is 2.57. The second-order valence-electron chi connectivity index (χ2n) is 6.47. The van der Waals surface area contributed by atoms with Gasteiger partial charge in [-0.15, -0.1) is 10.2 Å². The summed E-state index contributed by atoms with van der Waals surface area (Å²) in [5.74, 6) is 0.628. The molecule has 1 heterocycles. The summed E-state index contributed by atoms with van der Waals surface area (Å²) in [6.45, 7) is 4.41. The van der Waals surface area contributed by atoms with Crippen molar-refractivity contribution in [3.63, 3.8) is 0 Å². The third kappa shape index (κ3) is 5.68. The Morgan fingerprint density at radius 1 is 1.08 bits per heavy atom. The quantitative estimate of drug-likeness (QED) is 0.619. The molecule has 2 aromatic carbocycles. The molecule has 3 aromatic rings. The SMILES string of the molecule is CC(C)Cc1ccc(CC(=O)Nc2ccc(Sc3nncs3)cc2)cc1. The molecule has 0 aliphatic carbocycles. The number of nitrogens with one attached hydrogen (secondary N) is 1. The van der Waals surface area contributed by atoms with Crippen LogP contribution in [0.1, 0.15) is 25.0 Å². The number of benzene rings is 2. The molecule has 6 heteroatoms. The van der Waals surface area contributed by atoms with Gasteiger partial charge in [0.25, 0.3) is 0 Å². The number of carbonyl (C=O) groups excluding carboxylic acids is 1. The van der Waals surface area contributed by atoms with Crippen molar-refractivity contribution in [3.05, 3.63) is 65.2 Å². The summed E-state index contributed by atoms with van der Waals surface area (Å²) >= 11 is 3.07. The highest BCUT2D eigenvalue weighted by atomic mass is 32.2. The third-order valence-electron chi connectivity index (χ3n) is 3.71. The second-order valence-corrected chi connectivity index (χ2v) is 8.62. The first-order valence-electron chi connectivity index (χ1n) is 8.50. The van der Waals surface area contributed by atoms with Gasteiger partial charge in [-0.2, -0.15) is 0 Å². The maximum Gasteiger partial charge on any atom is 0.228 e. The third-order valence-corrected chi connectivity index (χ3v) is 5.50. The van der Waals surface area contributed by atoms with E-state index in [2.05, 4.69) is 41.5 Å². The maximum absolute atomic E-state index is 12.3. The maximum atomic E-state index is 12.3. The molecule has 1 aromatic heterocycles. The smallest absolute Gasteiger partial charge is 0.228 e. The standard InChI is InChI=1S/C20H21N3OS2/c1-14(2)11-15-3-5-16(6-4-15)12-19(24)22-17-7-9-18(10-8-17)26-20-23-21-13-25-20/h3-10,13-14H,11-12H2,1-2H3,(H,22,24). The number of aromatic nitrogens is 2. The number of amides is 1. The van der Waals surface area contributed by atoms with Gasteiger partial charge < -0.3 is 5.32 Å². The number of hydrogen-bond acceptors (Lipinski definition) is 5. The molecule has 0 bridgehead atoms. The first-order valence-corrected chi connectivity index (χ1v) is 10.2. The lowest BCUT2D eigenvalue weighted by Gasteiger charge is -2.08. The molecule has 0 saturated carbocycles. The van der Waals surface area contributed by atoms with Crippen LogP contribution in [0, 0.1) is 5.92 Å². The minimum absolute atomic E-state index is 0.00821. The molecule has 0 atom stereocenters. The molecule has 3 rings (SSSR count). The molecule has 1 amide bonds. The van der Waals surface area contributed by atoms with Crippen LogP contribution in [0.25, 0.3) is 0 Å². The van der Waals surface area contributed by atoms with Crippen LogP contribution in [0.2, 0.25) is 0 Å². The highest BCUT2D eigenvalue weighted by molar-refractivity contribution is 8.01. The van der Waals surface area contributed by atoms with E-state index in [9.17, 15) is 4.79 Å². The molecule has 0 spiro atoms. The van der Waals surface area contributed by atoms with E-state index in [1.54, 1.807) is 17.3 Å². The second kappa shape index (κ2) is 8.96. The van der Waals surface area contributed by atoms with Gasteiger partial charge in [-0.05, 0) is 47.7 Å². The zero-order valence-corrected chi connectivity index (χ0v) is 16.4. The highest BCUT2D eigenvalue weighted by Gasteiger charge is 2.06. The van der Waals surface area contributed by atoms with Crippen LogP contribution in [0.3, 0.4) is 0 Å². The Morgan fingerprint density at radius 3 is 2.38 bits per heavy atom. The van der Waals surface area contributed by atoms with E-state index in [1.165, 1.54) is 16.9 Å². The van der Waals surface area contributed by atoms with Gasteiger partial charge in [0.05, 0.1) is 6.42 Å². The fourth-order valence-corrected chi connectivity index (χ4v) is 4.02. The van der Waals surface area contributed by atoms with Crippen LogP contribution in [0.4, 0.5) is 5.69 Å². The summed E-state index contributed by atoms with van der Waals surface area (Å²) in [6, 6.07) is 16.1. The number of hydrogen-bond donors (Lipinski definition) is 1. The van der Waals surface area contributed by atoms with Gasteiger partial charge in [-0.1, -0.05) is 61.2 Å². The van der Waals surface area contributed by atoms with Gasteiger partial charge >= 0.3 is 0 Å². The Hall–Kier alpha value is -2.18. The molecule has 0 unspecified atom stereocenters. The van der Waals surface area contributed by atoms with Crippen LogP contribution < -0.4 is 5.32 Å². The fraction of sp³-hybridized carbons (Fsp3) is 0.250. The lowest BCUT2D eigenvalue weighted by Crippen LogP contribution is -2.14. The van der Waals surface area contributed by atoms with Crippen LogP contribution in [0.5, 0.6) is 0 Å². The molecule has 0 saturated heterocycles. The van der Waals surface area contributed by atoms with E-state index in [4.69, 9.17) is 0 Å². The number of carbonyl (C=O) groups is 1. The molecular weight excluding hydrogens is 362 g/mol. The molecule has 134 valence electrons. The lowest BCUT2D eigenvalue weighted by atomic mass is 10.0. The van der Waals surface area contributed by atoms with E-state index >= 15 is 0 Å². The minimum atomic E-state index is -0.00821. The van der Waals surface area contributed by atoms with Crippen LogP contribution in [-0.2, 0) is 17.6 Å². The van der Waals surface area contributed by atoms with E-state index in [-0.39, 0.29) is 5.91 Å². The van der Waals surface area contributed by atoms with E-state index in [0.717, 1.165) is 26.9 Å². The summed E-state index contributed by atoms with van der Waals surface area (Å²) in [5.41, 5.74) is 4.85. The van der Waals surface area contributed by atoms with Crippen molar-refractivity contribution in [2.75, 3.05) is 5.32 Å². The van der Waals surface area contributed by atoms with Crippen molar-refractivity contribution >= 4 is 34.7 Å². The van der Waals surface area contributed by atoms with Crippen molar-refractivity contribution in [3.8, 4) is 0 Å². The molecule has 4 nitrogen and oxygen atoms in total. The molecule has 0 radical (unpaired) electrons. The van der Waals surface area contributed by atoms with Crippen molar-refractivity contribution in [2.45, 2.75) is 35.9 Å². The Kier molecular flexibility index (Phi) is 6.41. The average Bonchev–Trinajstić information content (AvgIpc) is 3.11. The van der Waals surface area contributed by atoms with Gasteiger partial charge in [-0.25, -0.2) is 0 Å². The van der Waals surface area contributed by atoms with Crippen LogP contribution in [-0.4, -0.2) is 16.1 Å². The monoisotopic (exact) mass is 383 g/mol. The van der Waals surface area contributed by atoms with Crippen molar-refractivity contribution in [2.24, 2.45) is 5.92 Å². The first-order chi connectivity index (χ1) is 12.6. The Labute approximate surface area is 162 Å². The molecule has 1 N–H and O–H groups in total. The Bertz CT molecular complexity index is 829. The minimum Gasteiger partial charge on any atom is -0.326 e. The topological polar surface area (TPSA) is 54.9 Å². The summed E-state index contributed by atoms with van der Waals surface area (Å²) in [6.07, 6.45) is 1.44. The van der Waals surface area contributed by atoms with Crippen molar-refractivity contribution in [1.29, 1.82) is 0 Å². The molecule has 0 fully saturated rings. The number of nitrogens with zero attached hydrogens (tertiary/aromatic N) is 2. The Balaban J connectivity index is 1.52. The molecule has 26 heavy (non-hydrogen) atoms. The summed E-state index contributed by atoms with van der Waals surface area (Å²) in [5, 5.41) is 10.8. The molecular formula is C20H21N3OS2. The highest BCUT2D eigenvalue weighted by Crippen LogP contribution is 2.29. The average molecular weight is 384 g/mol. The van der Waals surface area contributed by atoms with Crippen molar-refractivity contribution in [1.82, 2.24) is 10.2 Å².